The van der Waals surface area contributed by atoms with E-state index >= 15 is 0 Å². The number of carbonyl (C=O) groups is 3. The lowest BCUT2D eigenvalue weighted by Crippen LogP contribution is -2.46. The van der Waals surface area contributed by atoms with Crippen molar-refractivity contribution >= 4 is 25.2 Å². The molecule has 2 amide bonds. The van der Waals surface area contributed by atoms with Gasteiger partial charge in [0.15, 0.2) is 5.78 Å². The Morgan fingerprint density at radius 3 is 2.35 bits per heavy atom. The van der Waals surface area contributed by atoms with E-state index in [2.05, 4.69) is 15.2 Å². The van der Waals surface area contributed by atoms with Gasteiger partial charge < -0.3 is 24.6 Å². The highest BCUT2D eigenvalue weighted by atomic mass is 31.2. The molecular weight excluding hydrogens is 287 g/mol. The van der Waals surface area contributed by atoms with Gasteiger partial charge in [-0.05, 0) is 20.3 Å². The van der Waals surface area contributed by atoms with Crippen molar-refractivity contribution in [1.82, 2.24) is 10.6 Å². The summed E-state index contributed by atoms with van der Waals surface area (Å²) in [5.74, 6) is -0.509. The summed E-state index contributed by atoms with van der Waals surface area (Å²) in [5.41, 5.74) is 0. The summed E-state index contributed by atoms with van der Waals surface area (Å²) in [6.45, 7) is 3.75. The molecule has 2 N–H and O–H groups in total. The molecule has 2 atom stereocenters. The van der Waals surface area contributed by atoms with E-state index in [4.69, 9.17) is 0 Å². The first-order chi connectivity index (χ1) is 9.11. The topological polar surface area (TPSA) is 125 Å². The van der Waals surface area contributed by atoms with Crippen molar-refractivity contribution < 1.29 is 28.4 Å². The molecule has 0 aliphatic carbocycles. The molecule has 0 radical (unpaired) electrons. The molecule has 2 unspecified atom stereocenters. The van der Waals surface area contributed by atoms with Crippen LogP contribution in [0.2, 0.25) is 0 Å². The summed E-state index contributed by atoms with van der Waals surface area (Å²) >= 11 is 0. The molecule has 0 aromatic rings. The van der Waals surface area contributed by atoms with Gasteiger partial charge in [-0.3, -0.25) is 9.59 Å². The van der Waals surface area contributed by atoms with Gasteiger partial charge in [-0.1, -0.05) is 0 Å². The first-order valence-electron chi connectivity index (χ1n) is 6.09. The fourth-order valence-electron chi connectivity index (χ4n) is 1.30. The van der Waals surface area contributed by atoms with Gasteiger partial charge in [0.2, 0.25) is 0 Å². The third-order valence-electron chi connectivity index (χ3n) is 2.22. The van der Waals surface area contributed by atoms with E-state index in [1.807, 2.05) is 0 Å². The van der Waals surface area contributed by atoms with Gasteiger partial charge in [-0.2, -0.15) is 0 Å². The van der Waals surface area contributed by atoms with E-state index in [-0.39, 0.29) is 31.1 Å². The molecule has 0 fully saturated rings. The van der Waals surface area contributed by atoms with Gasteiger partial charge >= 0.3 is 6.03 Å². The van der Waals surface area contributed by atoms with Gasteiger partial charge in [0.25, 0.3) is 0 Å². The number of ketones is 2. The number of rotatable bonds is 9. The van der Waals surface area contributed by atoms with Crippen LogP contribution in [0.4, 0.5) is 4.79 Å². The second-order valence-corrected chi connectivity index (χ2v) is 6.23. The molecule has 0 aromatic heterocycles. The zero-order chi connectivity index (χ0) is 15.8. The van der Waals surface area contributed by atoms with E-state index in [9.17, 15) is 23.8 Å². The average molecular weight is 307 g/mol. The summed E-state index contributed by atoms with van der Waals surface area (Å²) in [4.78, 5) is 44.3. The summed E-state index contributed by atoms with van der Waals surface area (Å²) < 4.78 is 15.2. The van der Waals surface area contributed by atoms with E-state index in [0.717, 1.165) is 6.66 Å². The van der Waals surface area contributed by atoms with E-state index in [1.54, 1.807) is 0 Å². The minimum absolute atomic E-state index is 0.0266. The van der Waals surface area contributed by atoms with Crippen LogP contribution in [0.15, 0.2) is 0 Å². The quantitative estimate of drug-likeness (QED) is 0.449. The molecule has 0 saturated heterocycles. The lowest BCUT2D eigenvalue weighted by molar-refractivity contribution is -0.196. The van der Waals surface area contributed by atoms with Gasteiger partial charge in [0.05, 0.1) is 12.6 Å². The Morgan fingerprint density at radius 1 is 1.30 bits per heavy atom. The maximum absolute atomic E-state index is 11.5. The van der Waals surface area contributed by atoms with Crippen molar-refractivity contribution in [3.05, 3.63) is 0 Å². The molecular formula is C11H20N2O6P-. The largest absolute Gasteiger partial charge is 0.779 e. The smallest absolute Gasteiger partial charge is 0.315 e. The monoisotopic (exact) mass is 307 g/mol. The van der Waals surface area contributed by atoms with Crippen LogP contribution in [0, 0.1) is 0 Å². The number of Topliss-reactive ketones (excluding diaryl/α,β-unsaturated/α-hetero) is 2. The van der Waals surface area contributed by atoms with Crippen molar-refractivity contribution in [2.75, 3.05) is 19.8 Å². The number of carbonyl (C=O) groups excluding carboxylic acids is 3. The number of hydrogen-bond donors (Lipinski definition) is 2. The molecule has 0 aliphatic rings. The highest BCUT2D eigenvalue weighted by molar-refractivity contribution is 7.50. The predicted octanol–water partition coefficient (Wildman–Crippen LogP) is -0.188. The standard InChI is InChI=1S/C11H21N2O6P/c1-8(14)7-10(9(2)15)13-11(16)12-5-4-6-19-20(3,17)18/h10H,4-7H2,1-3H3,(H,17,18)(H2,12,13,16)/p-1. The Morgan fingerprint density at radius 2 is 1.90 bits per heavy atom. The zero-order valence-electron chi connectivity index (χ0n) is 11.8. The molecule has 9 heteroatoms. The number of urea groups is 1. The summed E-state index contributed by atoms with van der Waals surface area (Å²) in [7, 11) is -3.74. The highest BCUT2D eigenvalue weighted by Crippen LogP contribution is 2.30. The normalized spacial score (nSPS) is 15.0. The fourth-order valence-corrected chi connectivity index (χ4v) is 1.76. The van der Waals surface area contributed by atoms with Crippen LogP contribution in [-0.4, -0.2) is 43.5 Å². The number of hydrogen-bond acceptors (Lipinski definition) is 6. The third kappa shape index (κ3) is 10.7. The Labute approximate surface area is 117 Å². The van der Waals surface area contributed by atoms with Crippen LogP contribution >= 0.6 is 7.60 Å². The Balaban J connectivity index is 3.94. The second kappa shape index (κ2) is 8.84. The SMILES string of the molecule is CC(=O)CC(NC(=O)NCCCOP(C)(=O)[O-])C(C)=O. The fraction of sp³-hybridized carbons (Fsp3) is 0.727. The maximum Gasteiger partial charge on any atom is 0.315 e. The Hall–Kier alpha value is -1.24. The number of nitrogens with one attached hydrogen (secondary N) is 2. The van der Waals surface area contributed by atoms with Gasteiger partial charge in [-0.25, -0.2) is 4.79 Å². The van der Waals surface area contributed by atoms with Crippen molar-refractivity contribution in [2.24, 2.45) is 0 Å². The lowest BCUT2D eigenvalue weighted by atomic mass is 10.1. The highest BCUT2D eigenvalue weighted by Gasteiger charge is 2.18. The van der Waals surface area contributed by atoms with Crippen molar-refractivity contribution in [3.8, 4) is 0 Å². The minimum atomic E-state index is -3.74. The maximum atomic E-state index is 11.5. The van der Waals surface area contributed by atoms with Crippen LogP contribution in [0.25, 0.3) is 0 Å². The molecule has 0 heterocycles. The van der Waals surface area contributed by atoms with E-state index in [0.29, 0.717) is 6.42 Å². The predicted molar refractivity (Wildman–Crippen MR) is 70.4 cm³/mol. The molecule has 0 aromatic carbocycles. The average Bonchev–Trinajstić information content (AvgIpc) is 2.25. The zero-order valence-corrected chi connectivity index (χ0v) is 12.7. The van der Waals surface area contributed by atoms with E-state index in [1.165, 1.54) is 13.8 Å². The summed E-state index contributed by atoms with van der Waals surface area (Å²) in [6.07, 6.45) is 0.256. The van der Waals surface area contributed by atoms with Gasteiger partial charge in [-0.15, -0.1) is 0 Å². The molecule has 0 spiro atoms. The molecule has 0 bridgehead atoms. The van der Waals surface area contributed by atoms with Crippen LogP contribution in [-0.2, 0) is 18.7 Å². The molecule has 20 heavy (non-hydrogen) atoms. The van der Waals surface area contributed by atoms with Crippen molar-refractivity contribution in [3.63, 3.8) is 0 Å². The molecule has 116 valence electrons. The Kier molecular flexibility index (Phi) is 8.29. The third-order valence-corrected chi connectivity index (χ3v) is 2.87. The first kappa shape index (κ1) is 18.8. The Bertz CT molecular complexity index is 406. The second-order valence-electron chi connectivity index (χ2n) is 4.43. The van der Waals surface area contributed by atoms with Gasteiger partial charge in [0, 0.05) is 19.6 Å². The number of amides is 2. The molecule has 0 saturated carbocycles. The minimum Gasteiger partial charge on any atom is -0.779 e. The van der Waals surface area contributed by atoms with Gasteiger partial charge in [0.1, 0.15) is 13.4 Å². The molecule has 0 rings (SSSR count). The van der Waals surface area contributed by atoms with Crippen LogP contribution in [0.5, 0.6) is 0 Å². The molecule has 8 nitrogen and oxygen atoms in total. The lowest BCUT2D eigenvalue weighted by Gasteiger charge is -2.18. The summed E-state index contributed by atoms with van der Waals surface area (Å²) in [5, 5.41) is 4.82. The van der Waals surface area contributed by atoms with Crippen LogP contribution in [0.3, 0.4) is 0 Å². The van der Waals surface area contributed by atoms with Crippen molar-refractivity contribution in [2.45, 2.75) is 32.7 Å². The summed E-state index contributed by atoms with van der Waals surface area (Å²) in [6, 6.07) is -1.44. The van der Waals surface area contributed by atoms with Crippen LogP contribution in [0.1, 0.15) is 26.7 Å². The molecule has 0 aliphatic heterocycles. The first-order valence-corrected chi connectivity index (χ1v) is 8.08. The van der Waals surface area contributed by atoms with Crippen LogP contribution < -0.4 is 15.5 Å². The van der Waals surface area contributed by atoms with Crippen molar-refractivity contribution in [1.29, 1.82) is 0 Å². The van der Waals surface area contributed by atoms with E-state index < -0.39 is 19.7 Å².